The molecule has 0 amide bonds. The summed E-state index contributed by atoms with van der Waals surface area (Å²) in [7, 11) is 0. The molecule has 1 unspecified atom stereocenters. The zero-order chi connectivity index (χ0) is 11.8. The highest BCUT2D eigenvalue weighted by Crippen LogP contribution is 2.17. The molecule has 16 heavy (non-hydrogen) atoms. The van der Waals surface area contributed by atoms with Gasteiger partial charge in [-0.05, 0) is 18.6 Å². The van der Waals surface area contributed by atoms with E-state index >= 15 is 0 Å². The Labute approximate surface area is 96.5 Å². The molecule has 1 atom stereocenters. The van der Waals surface area contributed by atoms with Gasteiger partial charge >= 0.3 is 5.97 Å². The molecule has 1 N–H and O–H groups in total. The Balaban J connectivity index is 2.33. The fourth-order valence-electron chi connectivity index (χ4n) is 1.80. The molecule has 0 aliphatic heterocycles. The van der Waals surface area contributed by atoms with Gasteiger partial charge in [-0.2, -0.15) is 0 Å². The number of carboxylic acids is 1. The summed E-state index contributed by atoms with van der Waals surface area (Å²) in [5.41, 5.74) is 0. The third-order valence-corrected chi connectivity index (χ3v) is 2.78. The van der Waals surface area contributed by atoms with Crippen LogP contribution in [0, 0.1) is 5.92 Å². The molecule has 3 heteroatoms. The highest BCUT2D eigenvalue weighted by molar-refractivity contribution is 5.70. The number of aliphatic carboxylic acids is 1. The third kappa shape index (κ3) is 4.51. The predicted octanol–water partition coefficient (Wildman–Crippen LogP) is 3.49. The average Bonchev–Trinajstić information content (AvgIpc) is 2.75. The van der Waals surface area contributed by atoms with Crippen molar-refractivity contribution in [2.75, 3.05) is 0 Å². The van der Waals surface area contributed by atoms with E-state index in [1.807, 2.05) is 6.07 Å². The van der Waals surface area contributed by atoms with Crippen LogP contribution in [0.25, 0.3) is 0 Å². The van der Waals surface area contributed by atoms with Crippen molar-refractivity contribution >= 4 is 5.97 Å². The summed E-state index contributed by atoms with van der Waals surface area (Å²) in [5, 5.41) is 9.09. The number of furan rings is 1. The zero-order valence-electron chi connectivity index (χ0n) is 9.82. The number of unbranched alkanes of at least 4 members (excludes halogenated alkanes) is 3. The minimum atomic E-state index is -0.715. The van der Waals surface area contributed by atoms with Gasteiger partial charge in [0.1, 0.15) is 5.76 Å². The van der Waals surface area contributed by atoms with Crippen LogP contribution >= 0.6 is 0 Å². The summed E-state index contributed by atoms with van der Waals surface area (Å²) in [5.74, 6) is -0.251. The van der Waals surface area contributed by atoms with E-state index in [0.29, 0.717) is 6.42 Å². The molecule has 0 saturated heterocycles. The molecule has 1 aromatic heterocycles. The molecule has 1 heterocycles. The van der Waals surface area contributed by atoms with Crippen LogP contribution in [0.4, 0.5) is 0 Å². The Morgan fingerprint density at radius 1 is 1.44 bits per heavy atom. The minimum absolute atomic E-state index is 0.303. The fraction of sp³-hybridized carbons (Fsp3) is 0.615. The molecular formula is C13H20O3. The van der Waals surface area contributed by atoms with Crippen LogP contribution < -0.4 is 0 Å². The van der Waals surface area contributed by atoms with E-state index in [-0.39, 0.29) is 5.92 Å². The summed E-state index contributed by atoms with van der Waals surface area (Å²) in [6, 6.07) is 3.63. The standard InChI is InChI=1S/C13H20O3/c1-2-3-4-5-7-11(13(14)15)10-12-8-6-9-16-12/h6,8-9,11H,2-5,7,10H2,1H3,(H,14,15). The summed E-state index contributed by atoms with van der Waals surface area (Å²) in [6.07, 6.45) is 7.32. The Bertz CT molecular complexity index is 290. The highest BCUT2D eigenvalue weighted by Gasteiger charge is 2.18. The van der Waals surface area contributed by atoms with Crippen molar-refractivity contribution in [2.24, 2.45) is 5.92 Å². The van der Waals surface area contributed by atoms with Gasteiger partial charge in [0, 0.05) is 6.42 Å². The predicted molar refractivity (Wildman–Crippen MR) is 62.3 cm³/mol. The SMILES string of the molecule is CCCCCCC(Cc1ccco1)C(=O)O. The lowest BCUT2D eigenvalue weighted by Crippen LogP contribution is -2.16. The summed E-state index contributed by atoms with van der Waals surface area (Å²) in [4.78, 5) is 11.0. The van der Waals surface area contributed by atoms with E-state index in [2.05, 4.69) is 6.92 Å². The minimum Gasteiger partial charge on any atom is -0.481 e. The van der Waals surface area contributed by atoms with Crippen molar-refractivity contribution < 1.29 is 14.3 Å². The molecular weight excluding hydrogens is 204 g/mol. The number of carboxylic acid groups (broad SMARTS) is 1. The summed E-state index contributed by atoms with van der Waals surface area (Å²) >= 11 is 0. The van der Waals surface area contributed by atoms with Crippen molar-refractivity contribution in [3.8, 4) is 0 Å². The molecule has 1 aromatic rings. The van der Waals surface area contributed by atoms with E-state index in [4.69, 9.17) is 9.52 Å². The Hall–Kier alpha value is -1.25. The van der Waals surface area contributed by atoms with Gasteiger partial charge in [-0.15, -0.1) is 0 Å². The molecule has 1 rings (SSSR count). The van der Waals surface area contributed by atoms with Gasteiger partial charge in [-0.25, -0.2) is 0 Å². The first-order chi connectivity index (χ1) is 7.74. The lowest BCUT2D eigenvalue weighted by Gasteiger charge is -2.10. The van der Waals surface area contributed by atoms with E-state index in [0.717, 1.165) is 25.0 Å². The number of carbonyl (C=O) groups is 1. The topological polar surface area (TPSA) is 50.4 Å². The second-order valence-electron chi connectivity index (χ2n) is 4.17. The molecule has 0 aromatic carbocycles. The van der Waals surface area contributed by atoms with E-state index in [9.17, 15) is 4.79 Å². The molecule has 0 aliphatic carbocycles. The molecule has 0 saturated carbocycles. The van der Waals surface area contributed by atoms with Crippen LogP contribution in [0.3, 0.4) is 0 Å². The zero-order valence-corrected chi connectivity index (χ0v) is 9.82. The summed E-state index contributed by atoms with van der Waals surface area (Å²) in [6.45, 7) is 2.15. The van der Waals surface area contributed by atoms with Gasteiger partial charge in [0.05, 0.1) is 12.2 Å². The van der Waals surface area contributed by atoms with Crippen LogP contribution in [0.1, 0.15) is 44.8 Å². The number of hydrogen-bond acceptors (Lipinski definition) is 2. The molecule has 0 bridgehead atoms. The van der Waals surface area contributed by atoms with Crippen LogP contribution in [-0.4, -0.2) is 11.1 Å². The van der Waals surface area contributed by atoms with Gasteiger partial charge < -0.3 is 9.52 Å². The van der Waals surface area contributed by atoms with Gasteiger partial charge in [-0.1, -0.05) is 32.6 Å². The van der Waals surface area contributed by atoms with Crippen molar-refractivity contribution in [3.05, 3.63) is 24.2 Å². The Kier molecular flexibility index (Phi) is 5.68. The fourth-order valence-corrected chi connectivity index (χ4v) is 1.80. The quantitative estimate of drug-likeness (QED) is 0.687. The van der Waals surface area contributed by atoms with Crippen LogP contribution in [0.5, 0.6) is 0 Å². The highest BCUT2D eigenvalue weighted by atomic mass is 16.4. The monoisotopic (exact) mass is 224 g/mol. The molecule has 90 valence electrons. The van der Waals surface area contributed by atoms with Crippen LogP contribution in [-0.2, 0) is 11.2 Å². The molecule has 0 aliphatic rings. The van der Waals surface area contributed by atoms with Crippen molar-refractivity contribution in [1.29, 1.82) is 0 Å². The van der Waals surface area contributed by atoms with E-state index in [1.165, 1.54) is 12.8 Å². The average molecular weight is 224 g/mol. The third-order valence-electron chi connectivity index (χ3n) is 2.78. The Morgan fingerprint density at radius 2 is 2.25 bits per heavy atom. The van der Waals surface area contributed by atoms with Gasteiger partial charge in [0.15, 0.2) is 0 Å². The van der Waals surface area contributed by atoms with Gasteiger partial charge in [0.2, 0.25) is 0 Å². The normalized spacial score (nSPS) is 12.6. The van der Waals surface area contributed by atoms with Crippen LogP contribution in [0.15, 0.2) is 22.8 Å². The molecule has 0 fully saturated rings. The first-order valence-electron chi connectivity index (χ1n) is 5.99. The van der Waals surface area contributed by atoms with Crippen molar-refractivity contribution in [1.82, 2.24) is 0 Å². The first-order valence-corrected chi connectivity index (χ1v) is 5.99. The molecule has 0 spiro atoms. The second-order valence-corrected chi connectivity index (χ2v) is 4.17. The van der Waals surface area contributed by atoms with Gasteiger partial charge in [-0.3, -0.25) is 4.79 Å². The largest absolute Gasteiger partial charge is 0.481 e. The lowest BCUT2D eigenvalue weighted by molar-refractivity contribution is -0.142. The molecule has 0 radical (unpaired) electrons. The van der Waals surface area contributed by atoms with Crippen LogP contribution in [0.2, 0.25) is 0 Å². The van der Waals surface area contributed by atoms with E-state index < -0.39 is 5.97 Å². The van der Waals surface area contributed by atoms with Crippen molar-refractivity contribution in [3.63, 3.8) is 0 Å². The lowest BCUT2D eigenvalue weighted by atomic mass is 9.96. The number of hydrogen-bond donors (Lipinski definition) is 1. The maximum Gasteiger partial charge on any atom is 0.306 e. The smallest absolute Gasteiger partial charge is 0.306 e. The summed E-state index contributed by atoms with van der Waals surface area (Å²) < 4.78 is 5.18. The van der Waals surface area contributed by atoms with Crippen molar-refractivity contribution in [2.45, 2.75) is 45.4 Å². The number of rotatable bonds is 8. The van der Waals surface area contributed by atoms with E-state index in [1.54, 1.807) is 12.3 Å². The second kappa shape index (κ2) is 7.09. The maximum atomic E-state index is 11.0. The molecule has 3 nitrogen and oxygen atoms in total. The first kappa shape index (κ1) is 12.8. The Morgan fingerprint density at radius 3 is 2.81 bits per heavy atom. The maximum absolute atomic E-state index is 11.0. The van der Waals surface area contributed by atoms with Gasteiger partial charge in [0.25, 0.3) is 0 Å².